The fourth-order valence-corrected chi connectivity index (χ4v) is 5.64. The van der Waals surface area contributed by atoms with E-state index in [4.69, 9.17) is 22.2 Å². The van der Waals surface area contributed by atoms with E-state index < -0.39 is 31.7 Å². The Morgan fingerprint density at radius 3 is 1.78 bits per heavy atom. The third kappa shape index (κ3) is 9.90. The number of H-pyrrole nitrogens is 1. The summed E-state index contributed by atoms with van der Waals surface area (Å²) < 4.78 is 85.0. The molecular formula is C35H36F6N14O2Si. The van der Waals surface area contributed by atoms with E-state index in [1.807, 2.05) is 19.6 Å². The number of alkyl halides is 6. The first-order valence-electron chi connectivity index (χ1n) is 17.4. The topological polar surface area (TPSA) is 215 Å². The van der Waals surface area contributed by atoms with Crippen molar-refractivity contribution in [1.29, 1.82) is 0 Å². The van der Waals surface area contributed by atoms with Crippen molar-refractivity contribution in [2.45, 2.75) is 44.8 Å². The zero-order chi connectivity index (χ0) is 42.3. The lowest BCUT2D eigenvalue weighted by molar-refractivity contribution is -0.138. The molecule has 0 radical (unpaired) electrons. The number of terminal acetylenes is 1. The van der Waals surface area contributed by atoms with Crippen LogP contribution in [0.25, 0.3) is 55.2 Å². The second-order valence-electron chi connectivity index (χ2n) is 13.3. The Morgan fingerprint density at radius 2 is 1.34 bits per heavy atom. The van der Waals surface area contributed by atoms with Crippen molar-refractivity contribution in [3.05, 3.63) is 82.3 Å². The van der Waals surface area contributed by atoms with Crippen molar-refractivity contribution in [3.63, 3.8) is 0 Å². The molecule has 0 aliphatic rings. The fourth-order valence-electron chi connectivity index (χ4n) is 5.37. The number of rotatable bonds is 10. The van der Waals surface area contributed by atoms with Crippen molar-refractivity contribution < 1.29 is 36.6 Å². The van der Waals surface area contributed by atoms with E-state index in [0.717, 1.165) is 24.3 Å². The van der Waals surface area contributed by atoms with Crippen LogP contribution in [0.3, 0.4) is 0 Å². The molecule has 23 heteroatoms. The highest BCUT2D eigenvalue weighted by Crippen LogP contribution is 2.34. The highest BCUT2D eigenvalue weighted by atomic mass is 28.3. The zero-order valence-corrected chi connectivity index (χ0v) is 32.1. The van der Waals surface area contributed by atoms with Gasteiger partial charge in [-0.1, -0.05) is 25.6 Å². The number of aromatic amines is 1. The molecular weight excluding hydrogens is 791 g/mol. The monoisotopic (exact) mass is 826 g/mol. The van der Waals surface area contributed by atoms with Crippen LogP contribution >= 0.6 is 0 Å². The molecule has 0 bridgehead atoms. The Balaban J connectivity index is 0.000000191. The van der Waals surface area contributed by atoms with Gasteiger partial charge in [-0.25, -0.2) is 19.9 Å². The van der Waals surface area contributed by atoms with Crippen LogP contribution in [0.2, 0.25) is 19.6 Å². The van der Waals surface area contributed by atoms with Gasteiger partial charge in [0.2, 0.25) is 0 Å². The van der Waals surface area contributed by atoms with Crippen molar-refractivity contribution in [2.75, 3.05) is 36.9 Å². The minimum Gasteiger partial charge on any atom is -0.396 e. The Kier molecular flexibility index (Phi) is 13.1. The van der Waals surface area contributed by atoms with E-state index in [0.29, 0.717) is 77.0 Å². The van der Waals surface area contributed by atoms with Crippen LogP contribution in [0, 0.1) is 12.3 Å². The van der Waals surface area contributed by atoms with Crippen molar-refractivity contribution in [1.82, 2.24) is 44.1 Å². The van der Waals surface area contributed by atoms with Gasteiger partial charge in [-0.2, -0.15) is 41.8 Å². The predicted molar refractivity (Wildman–Crippen MR) is 207 cm³/mol. The molecule has 0 fully saturated rings. The lowest BCUT2D eigenvalue weighted by atomic mass is 10.2. The van der Waals surface area contributed by atoms with Gasteiger partial charge in [-0.3, -0.25) is 8.80 Å². The van der Waals surface area contributed by atoms with Gasteiger partial charge in [0.05, 0.1) is 57.5 Å². The molecule has 0 unspecified atom stereocenters. The largest absolute Gasteiger partial charge is 0.416 e. The molecule has 0 spiro atoms. The molecule has 5 heterocycles. The zero-order valence-electron chi connectivity index (χ0n) is 31.1. The summed E-state index contributed by atoms with van der Waals surface area (Å²) in [5, 5.41) is 34.1. The number of aliphatic hydroxyl groups excluding tert-OH is 2. The van der Waals surface area contributed by atoms with Crippen LogP contribution in [0.4, 0.5) is 38.0 Å². The highest BCUT2D eigenvalue weighted by molar-refractivity contribution is 6.74. The standard InChI is InChI=1S/C16H14F3N7O.C16H13F3N4O.C3H9N3Si/c17-16(18,19)9-2-3-12-10(6-9)23-14(20-4-1-5-27)15-21-8-13(26(12)15)11-7-22-25-24-11;1-2-11-9-21-15-14(20-6-3-7-24)22-12-8-10(16(17,18)19)4-5-13(12)23(11)15;1-7(2,3)6-5-4/h2-3,6-8,27H,1,4-5H2,(H,20,23)(H,22,24,25);1,4-5,8-9,24H,3,6-7H2,(H,20,22);1-3H3. The fraction of sp³-hybridized carbons (Fsp3) is 0.314. The minimum atomic E-state index is -4.47. The molecule has 0 amide bonds. The van der Waals surface area contributed by atoms with Gasteiger partial charge in [0.15, 0.2) is 22.9 Å². The highest BCUT2D eigenvalue weighted by Gasteiger charge is 2.32. The smallest absolute Gasteiger partial charge is 0.396 e. The van der Waals surface area contributed by atoms with Crippen molar-refractivity contribution >= 4 is 53.2 Å². The van der Waals surface area contributed by atoms with E-state index in [1.165, 1.54) is 24.5 Å². The SMILES string of the molecule is C#Cc1cnc2c(NCCCO)nc3cc(C(F)(F)F)ccc3n12.C[Si](C)(C)N=[N+]=[N-].OCCCNc1nc2cc(C(F)(F)F)ccc2n2c(-c3cn[nH]n3)cnc12. The number of anilines is 2. The molecule has 2 aromatic carbocycles. The summed E-state index contributed by atoms with van der Waals surface area (Å²) in [5.41, 5.74) is 9.88. The number of imidazole rings is 2. The van der Waals surface area contributed by atoms with Crippen LogP contribution in [-0.2, 0) is 12.4 Å². The Labute approximate surface area is 326 Å². The molecule has 0 saturated heterocycles. The Bertz CT molecular complexity index is 2610. The van der Waals surface area contributed by atoms with Crippen LogP contribution in [0.15, 0.2) is 59.8 Å². The maximum atomic E-state index is 13.1. The minimum absolute atomic E-state index is 0.0147. The summed E-state index contributed by atoms with van der Waals surface area (Å²) in [7, 11) is -1.45. The van der Waals surface area contributed by atoms with Crippen molar-refractivity contribution in [3.8, 4) is 23.7 Å². The first kappa shape index (κ1) is 42.7. The number of azide groups is 1. The molecule has 7 aromatic rings. The third-order valence-electron chi connectivity index (χ3n) is 7.92. The van der Waals surface area contributed by atoms with E-state index in [1.54, 1.807) is 15.0 Å². The second-order valence-corrected chi connectivity index (χ2v) is 17.8. The molecule has 304 valence electrons. The first-order chi connectivity index (χ1) is 27.5. The number of nitrogens with one attached hydrogen (secondary N) is 3. The summed E-state index contributed by atoms with van der Waals surface area (Å²) >= 11 is 0. The average Bonchev–Trinajstić information content (AvgIpc) is 3.95. The van der Waals surface area contributed by atoms with Gasteiger partial charge < -0.3 is 20.8 Å². The number of aromatic nitrogens is 9. The van der Waals surface area contributed by atoms with Crippen LogP contribution in [0.1, 0.15) is 29.7 Å². The quantitative estimate of drug-likeness (QED) is 0.0177. The molecule has 16 nitrogen and oxygen atoms in total. The van der Waals surface area contributed by atoms with Crippen molar-refractivity contribution in [2.24, 2.45) is 4.78 Å². The number of nitrogens with zero attached hydrogens (tertiary/aromatic N) is 11. The number of aliphatic hydroxyl groups is 2. The lowest BCUT2D eigenvalue weighted by Crippen LogP contribution is -2.13. The normalized spacial score (nSPS) is 11.8. The summed E-state index contributed by atoms with van der Waals surface area (Å²) in [5.74, 6) is 3.10. The van der Waals surface area contributed by atoms with Gasteiger partial charge in [0.25, 0.3) is 0 Å². The molecule has 0 aliphatic carbocycles. The molecule has 5 N–H and O–H groups in total. The van der Waals surface area contributed by atoms with E-state index >= 15 is 0 Å². The number of hydrogen-bond acceptors (Lipinski definition) is 11. The average molecular weight is 827 g/mol. The van der Waals surface area contributed by atoms with Gasteiger partial charge in [-0.15, -0.1) is 11.2 Å². The number of halogens is 6. The lowest BCUT2D eigenvalue weighted by Gasteiger charge is -2.12. The van der Waals surface area contributed by atoms with E-state index in [2.05, 4.69) is 61.6 Å². The third-order valence-corrected chi connectivity index (χ3v) is 8.61. The summed E-state index contributed by atoms with van der Waals surface area (Å²) in [6.07, 6.45) is 1.98. The first-order valence-corrected chi connectivity index (χ1v) is 20.8. The van der Waals surface area contributed by atoms with Crippen LogP contribution < -0.4 is 10.6 Å². The van der Waals surface area contributed by atoms with Crippen LogP contribution in [-0.4, -0.2) is 88.9 Å². The van der Waals surface area contributed by atoms with Gasteiger partial charge in [0.1, 0.15) is 19.6 Å². The summed E-state index contributed by atoms with van der Waals surface area (Å²) in [6.45, 7) is 6.75. The van der Waals surface area contributed by atoms with Crippen LogP contribution in [0.5, 0.6) is 0 Å². The van der Waals surface area contributed by atoms with Gasteiger partial charge >= 0.3 is 12.4 Å². The predicted octanol–water partition coefficient (Wildman–Crippen LogP) is 7.29. The molecule has 0 atom stereocenters. The van der Waals surface area contributed by atoms with E-state index in [-0.39, 0.29) is 24.2 Å². The molecule has 0 aliphatic heterocycles. The Morgan fingerprint density at radius 1 is 0.828 bits per heavy atom. The second kappa shape index (κ2) is 17.8. The maximum Gasteiger partial charge on any atom is 0.416 e. The maximum absolute atomic E-state index is 13.1. The molecule has 7 rings (SSSR count). The number of benzene rings is 2. The Hall–Kier alpha value is -6.47. The number of fused-ring (bicyclic) bond motifs is 6. The molecule has 5 aromatic heterocycles. The molecule has 0 saturated carbocycles. The van der Waals surface area contributed by atoms with Gasteiger partial charge in [-0.05, 0) is 59.7 Å². The summed E-state index contributed by atoms with van der Waals surface area (Å²) in [6, 6.07) is 6.67. The molecule has 58 heavy (non-hydrogen) atoms. The number of hydrogen-bond donors (Lipinski definition) is 5. The summed E-state index contributed by atoms with van der Waals surface area (Å²) in [4.78, 5) is 19.8. The van der Waals surface area contributed by atoms with E-state index in [9.17, 15) is 26.3 Å². The van der Waals surface area contributed by atoms with Gasteiger partial charge in [0, 0.05) is 26.3 Å².